The van der Waals surface area contributed by atoms with Crippen LogP contribution in [0.5, 0.6) is 0 Å². The van der Waals surface area contributed by atoms with Gasteiger partial charge in [0.15, 0.2) is 5.82 Å². The molecule has 0 unspecified atom stereocenters. The summed E-state index contributed by atoms with van der Waals surface area (Å²) in [5.74, 6) is 2.93. The van der Waals surface area contributed by atoms with E-state index in [-0.39, 0.29) is 6.10 Å². The van der Waals surface area contributed by atoms with Crippen molar-refractivity contribution in [1.82, 2.24) is 24.6 Å². The smallest absolute Gasteiger partial charge is 0.159 e. The molecule has 3 aliphatic rings. The molecule has 1 N–H and O–H groups in total. The predicted molar refractivity (Wildman–Crippen MR) is 127 cm³/mol. The van der Waals surface area contributed by atoms with Crippen LogP contribution < -0.4 is 4.90 Å². The Bertz CT molecular complexity index is 1170. The van der Waals surface area contributed by atoms with Crippen LogP contribution in [0.15, 0.2) is 24.4 Å². The SMILES string of the molecule is Cc1nc(N2CC[C@H](O)C2)cc(-n2ncc3cc(C)c(C4CCN(C5COC5)CC4)cc32)n1. The Hall–Kier alpha value is -2.55. The Labute approximate surface area is 194 Å². The number of rotatable bonds is 4. The first-order valence-corrected chi connectivity index (χ1v) is 12.1. The van der Waals surface area contributed by atoms with Gasteiger partial charge in [0, 0.05) is 24.5 Å². The lowest BCUT2D eigenvalue weighted by molar-refractivity contribution is -0.0712. The quantitative estimate of drug-likeness (QED) is 0.657. The maximum Gasteiger partial charge on any atom is 0.159 e. The summed E-state index contributed by atoms with van der Waals surface area (Å²) in [6, 6.07) is 7.23. The fourth-order valence-corrected chi connectivity index (χ4v) is 5.59. The highest BCUT2D eigenvalue weighted by Crippen LogP contribution is 2.34. The number of piperidine rings is 1. The van der Waals surface area contributed by atoms with Gasteiger partial charge in [-0.25, -0.2) is 14.6 Å². The number of hydrogen-bond donors (Lipinski definition) is 1. The molecule has 5 heterocycles. The number of aliphatic hydroxyl groups excluding tert-OH is 1. The molecule has 1 atom stereocenters. The van der Waals surface area contributed by atoms with Gasteiger partial charge in [0.2, 0.25) is 0 Å². The van der Waals surface area contributed by atoms with Gasteiger partial charge in [0.05, 0.1) is 37.1 Å². The number of aliphatic hydroxyl groups is 1. The van der Waals surface area contributed by atoms with Gasteiger partial charge in [0.1, 0.15) is 11.6 Å². The number of benzene rings is 1. The molecular weight excluding hydrogens is 416 g/mol. The van der Waals surface area contributed by atoms with Crippen LogP contribution >= 0.6 is 0 Å². The summed E-state index contributed by atoms with van der Waals surface area (Å²) in [6.07, 6.45) is 4.79. The summed E-state index contributed by atoms with van der Waals surface area (Å²) >= 11 is 0. The zero-order valence-corrected chi connectivity index (χ0v) is 19.4. The zero-order chi connectivity index (χ0) is 22.5. The first-order chi connectivity index (χ1) is 16.0. The van der Waals surface area contributed by atoms with Gasteiger partial charge >= 0.3 is 0 Å². The summed E-state index contributed by atoms with van der Waals surface area (Å²) in [4.78, 5) is 14.1. The van der Waals surface area contributed by atoms with Crippen molar-refractivity contribution in [3.8, 4) is 5.82 Å². The number of β-amino-alcohol motifs (C(OH)–C–C–N with tert-alkyl or cyclic N) is 1. The van der Waals surface area contributed by atoms with E-state index in [1.165, 1.54) is 24.0 Å². The van der Waals surface area contributed by atoms with Crippen molar-refractivity contribution in [3.63, 3.8) is 0 Å². The van der Waals surface area contributed by atoms with Gasteiger partial charge in [-0.3, -0.25) is 4.90 Å². The monoisotopic (exact) mass is 448 g/mol. The molecule has 0 amide bonds. The van der Waals surface area contributed by atoms with Gasteiger partial charge in [-0.2, -0.15) is 5.10 Å². The molecule has 0 bridgehead atoms. The average Bonchev–Trinajstić information content (AvgIpc) is 3.38. The van der Waals surface area contributed by atoms with Crippen LogP contribution in [0, 0.1) is 13.8 Å². The molecule has 3 aromatic rings. The molecule has 3 saturated heterocycles. The predicted octanol–water partition coefficient (Wildman–Crippen LogP) is 2.58. The molecule has 6 rings (SSSR count). The van der Waals surface area contributed by atoms with Crippen molar-refractivity contribution < 1.29 is 9.84 Å². The van der Waals surface area contributed by atoms with Crippen molar-refractivity contribution in [3.05, 3.63) is 41.3 Å². The topological polar surface area (TPSA) is 79.5 Å². The molecule has 33 heavy (non-hydrogen) atoms. The minimum absolute atomic E-state index is 0.289. The number of fused-ring (bicyclic) bond motifs is 1. The van der Waals surface area contributed by atoms with Crippen LogP contribution in [0.1, 0.15) is 42.1 Å². The van der Waals surface area contributed by atoms with Crippen molar-refractivity contribution in [2.45, 2.75) is 51.2 Å². The highest BCUT2D eigenvalue weighted by Gasteiger charge is 2.31. The van der Waals surface area contributed by atoms with Crippen LogP contribution in [0.4, 0.5) is 5.82 Å². The number of ether oxygens (including phenoxy) is 1. The minimum atomic E-state index is -0.289. The second-order valence-corrected chi connectivity index (χ2v) is 9.85. The fraction of sp³-hybridized carbons (Fsp3) is 0.560. The first kappa shape index (κ1) is 21.0. The lowest BCUT2D eigenvalue weighted by Gasteiger charge is -2.41. The highest BCUT2D eigenvalue weighted by atomic mass is 16.5. The number of likely N-dealkylation sites (tertiary alicyclic amines) is 1. The first-order valence-electron chi connectivity index (χ1n) is 12.1. The normalized spacial score (nSPS) is 22.9. The fourth-order valence-electron chi connectivity index (χ4n) is 5.59. The molecule has 2 aromatic heterocycles. The van der Waals surface area contributed by atoms with E-state index in [1.807, 2.05) is 23.9 Å². The van der Waals surface area contributed by atoms with Crippen LogP contribution in [-0.2, 0) is 4.74 Å². The van der Waals surface area contributed by atoms with E-state index in [0.29, 0.717) is 24.3 Å². The summed E-state index contributed by atoms with van der Waals surface area (Å²) in [5, 5.41) is 15.8. The second kappa shape index (κ2) is 8.34. The van der Waals surface area contributed by atoms with Gasteiger partial charge < -0.3 is 14.7 Å². The summed E-state index contributed by atoms with van der Waals surface area (Å²) < 4.78 is 7.34. The molecule has 3 aliphatic heterocycles. The molecule has 8 nitrogen and oxygen atoms in total. The number of anilines is 1. The molecule has 174 valence electrons. The van der Waals surface area contributed by atoms with Gasteiger partial charge in [0.25, 0.3) is 0 Å². The van der Waals surface area contributed by atoms with E-state index in [9.17, 15) is 5.11 Å². The number of hydrogen-bond acceptors (Lipinski definition) is 7. The molecular formula is C25H32N6O2. The van der Waals surface area contributed by atoms with E-state index in [2.05, 4.69) is 33.8 Å². The van der Waals surface area contributed by atoms with E-state index in [4.69, 9.17) is 14.8 Å². The molecule has 0 saturated carbocycles. The second-order valence-electron chi connectivity index (χ2n) is 9.85. The largest absolute Gasteiger partial charge is 0.391 e. The van der Waals surface area contributed by atoms with E-state index >= 15 is 0 Å². The number of aryl methyl sites for hydroxylation is 2. The highest BCUT2D eigenvalue weighted by molar-refractivity contribution is 5.82. The van der Waals surface area contributed by atoms with Crippen LogP contribution in [0.2, 0.25) is 0 Å². The molecule has 3 fully saturated rings. The van der Waals surface area contributed by atoms with E-state index in [1.54, 1.807) is 0 Å². The van der Waals surface area contributed by atoms with Crippen molar-refractivity contribution in [2.24, 2.45) is 0 Å². The van der Waals surface area contributed by atoms with E-state index in [0.717, 1.165) is 61.8 Å². The maximum absolute atomic E-state index is 9.96. The molecule has 8 heteroatoms. The molecule has 0 radical (unpaired) electrons. The van der Waals surface area contributed by atoms with Crippen LogP contribution in [-0.4, -0.2) is 81.3 Å². The standard InChI is InChI=1S/C25H32N6O2/c1-16-9-19-12-26-31(25-11-24(27-17(2)28-25)30-8-5-21(32)13-30)23(19)10-22(16)18-3-6-29(7-4-18)20-14-33-15-20/h9-12,18,20-21,32H,3-8,13-15H2,1-2H3/t21-/m0/s1. The van der Waals surface area contributed by atoms with Crippen molar-refractivity contribution in [1.29, 1.82) is 0 Å². The third-order valence-electron chi connectivity index (χ3n) is 7.58. The van der Waals surface area contributed by atoms with Crippen LogP contribution in [0.25, 0.3) is 16.7 Å². The van der Waals surface area contributed by atoms with Gasteiger partial charge in [-0.05, 0) is 75.4 Å². The summed E-state index contributed by atoms with van der Waals surface area (Å²) in [7, 11) is 0. The van der Waals surface area contributed by atoms with Gasteiger partial charge in [-0.1, -0.05) is 0 Å². The molecule has 0 spiro atoms. The molecule has 0 aliphatic carbocycles. The van der Waals surface area contributed by atoms with Crippen molar-refractivity contribution in [2.75, 3.05) is 44.3 Å². The number of nitrogens with zero attached hydrogens (tertiary/aromatic N) is 6. The van der Waals surface area contributed by atoms with E-state index < -0.39 is 0 Å². The van der Waals surface area contributed by atoms with Crippen LogP contribution in [0.3, 0.4) is 0 Å². The average molecular weight is 449 g/mol. The number of aromatic nitrogens is 4. The Morgan fingerprint density at radius 1 is 0.970 bits per heavy atom. The zero-order valence-electron chi connectivity index (χ0n) is 19.4. The Kier molecular flexibility index (Phi) is 5.31. The Balaban J connectivity index is 1.31. The lowest BCUT2D eigenvalue weighted by atomic mass is 9.85. The minimum Gasteiger partial charge on any atom is -0.391 e. The molecule has 1 aromatic carbocycles. The summed E-state index contributed by atoms with van der Waals surface area (Å²) in [6.45, 7) is 9.65. The maximum atomic E-state index is 9.96. The van der Waals surface area contributed by atoms with Gasteiger partial charge in [-0.15, -0.1) is 0 Å². The van der Waals surface area contributed by atoms with Crippen molar-refractivity contribution >= 4 is 16.7 Å². The lowest BCUT2D eigenvalue weighted by Crippen LogP contribution is -2.51. The third-order valence-corrected chi connectivity index (χ3v) is 7.58. The Morgan fingerprint density at radius 2 is 1.76 bits per heavy atom. The Morgan fingerprint density at radius 3 is 2.45 bits per heavy atom. The third kappa shape index (κ3) is 3.90. The summed E-state index contributed by atoms with van der Waals surface area (Å²) in [5.41, 5.74) is 3.87.